The summed E-state index contributed by atoms with van der Waals surface area (Å²) in [7, 11) is -2.45. The average Bonchev–Trinajstić information content (AvgIpc) is 2.83. The van der Waals surface area contributed by atoms with E-state index >= 15 is 0 Å². The molecule has 0 spiro atoms. The third-order valence-electron chi connectivity index (χ3n) is 5.96. The van der Waals surface area contributed by atoms with Crippen LogP contribution in [-0.4, -0.2) is 28.0 Å². The van der Waals surface area contributed by atoms with Crippen molar-refractivity contribution in [1.29, 1.82) is 0 Å². The molecule has 0 fully saturated rings. The van der Waals surface area contributed by atoms with E-state index in [1.165, 1.54) is 24.8 Å². The quantitative estimate of drug-likeness (QED) is 0.563. The number of aryl methyl sites for hydroxylation is 2. The standard InChI is InChI=1S/C26H28N2O4S/c1-19-10-12-21(13-11-19)28(33(30,31)23-16-14-22(32-2)15-17-23)18-26(29)27-25-9-5-7-20-6-3-4-8-24(20)25/h3-4,6,8,10-17,25H,5,7,9,18H2,1-2H3,(H,27,29). The number of carbonyl (C=O) groups is 1. The van der Waals surface area contributed by atoms with Crippen molar-refractivity contribution in [3.8, 4) is 5.75 Å². The molecular weight excluding hydrogens is 436 g/mol. The van der Waals surface area contributed by atoms with Gasteiger partial charge in [-0.1, -0.05) is 42.0 Å². The van der Waals surface area contributed by atoms with Gasteiger partial charge >= 0.3 is 0 Å². The van der Waals surface area contributed by atoms with Gasteiger partial charge in [-0.2, -0.15) is 0 Å². The maximum atomic E-state index is 13.5. The fraction of sp³-hybridized carbons (Fsp3) is 0.269. The van der Waals surface area contributed by atoms with Gasteiger partial charge in [0.1, 0.15) is 12.3 Å². The van der Waals surface area contributed by atoms with E-state index in [9.17, 15) is 13.2 Å². The lowest BCUT2D eigenvalue weighted by molar-refractivity contribution is -0.120. The number of carbonyl (C=O) groups excluding carboxylic acids is 1. The molecule has 1 aliphatic rings. The van der Waals surface area contributed by atoms with Gasteiger partial charge in [-0.05, 0) is 73.7 Å². The van der Waals surface area contributed by atoms with Gasteiger partial charge in [0.15, 0.2) is 0 Å². The third-order valence-corrected chi connectivity index (χ3v) is 7.75. The molecular formula is C26H28N2O4S. The average molecular weight is 465 g/mol. The largest absolute Gasteiger partial charge is 0.497 e. The highest BCUT2D eigenvalue weighted by Crippen LogP contribution is 2.30. The number of methoxy groups -OCH3 is 1. The molecule has 0 bridgehead atoms. The van der Waals surface area contributed by atoms with Gasteiger partial charge in [-0.25, -0.2) is 8.42 Å². The van der Waals surface area contributed by atoms with Crippen LogP contribution >= 0.6 is 0 Å². The van der Waals surface area contributed by atoms with Crippen molar-refractivity contribution in [3.05, 3.63) is 89.5 Å². The van der Waals surface area contributed by atoms with Crippen molar-refractivity contribution < 1.29 is 17.9 Å². The zero-order valence-electron chi connectivity index (χ0n) is 18.8. The zero-order chi connectivity index (χ0) is 23.4. The number of ether oxygens (including phenoxy) is 1. The van der Waals surface area contributed by atoms with E-state index in [4.69, 9.17) is 4.74 Å². The van der Waals surface area contributed by atoms with Crippen molar-refractivity contribution in [1.82, 2.24) is 5.32 Å². The van der Waals surface area contributed by atoms with Crippen molar-refractivity contribution >= 4 is 21.6 Å². The first-order chi connectivity index (χ1) is 15.9. The molecule has 6 nitrogen and oxygen atoms in total. The SMILES string of the molecule is COc1ccc(S(=O)(=O)N(CC(=O)NC2CCCc3ccccc32)c2ccc(C)cc2)cc1. The molecule has 33 heavy (non-hydrogen) atoms. The topological polar surface area (TPSA) is 75.7 Å². The van der Waals surface area contributed by atoms with Crippen LogP contribution in [0.3, 0.4) is 0 Å². The number of hydrogen-bond donors (Lipinski definition) is 1. The highest BCUT2D eigenvalue weighted by atomic mass is 32.2. The molecule has 7 heteroatoms. The number of hydrogen-bond acceptors (Lipinski definition) is 4. The predicted octanol–water partition coefficient (Wildman–Crippen LogP) is 4.39. The van der Waals surface area contributed by atoms with Gasteiger partial charge in [0.25, 0.3) is 10.0 Å². The molecule has 3 aromatic carbocycles. The van der Waals surface area contributed by atoms with E-state index in [0.29, 0.717) is 11.4 Å². The molecule has 3 aromatic rings. The summed E-state index contributed by atoms with van der Waals surface area (Å²) in [6.45, 7) is 1.62. The second kappa shape index (κ2) is 9.67. The van der Waals surface area contributed by atoms with Crippen molar-refractivity contribution in [2.45, 2.75) is 37.1 Å². The molecule has 0 aliphatic heterocycles. The normalized spacial score (nSPS) is 15.4. The first-order valence-electron chi connectivity index (χ1n) is 11.0. The van der Waals surface area contributed by atoms with Gasteiger partial charge in [-0.3, -0.25) is 9.10 Å². The minimum Gasteiger partial charge on any atom is -0.497 e. The summed E-state index contributed by atoms with van der Waals surface area (Å²) in [6, 6.07) is 21.3. The molecule has 4 rings (SSSR count). The van der Waals surface area contributed by atoms with E-state index in [-0.39, 0.29) is 23.4 Å². The van der Waals surface area contributed by atoms with Gasteiger partial charge in [0.05, 0.1) is 23.7 Å². The van der Waals surface area contributed by atoms with Crippen molar-refractivity contribution in [2.24, 2.45) is 0 Å². The van der Waals surface area contributed by atoms with Crippen LogP contribution in [0.4, 0.5) is 5.69 Å². The summed E-state index contributed by atoms with van der Waals surface area (Å²) in [4.78, 5) is 13.2. The summed E-state index contributed by atoms with van der Waals surface area (Å²) >= 11 is 0. The van der Waals surface area contributed by atoms with Crippen LogP contribution in [-0.2, 0) is 21.2 Å². The molecule has 1 unspecified atom stereocenters. The lowest BCUT2D eigenvalue weighted by Gasteiger charge is -2.29. The summed E-state index contributed by atoms with van der Waals surface area (Å²) in [5.41, 5.74) is 3.78. The first-order valence-corrected chi connectivity index (χ1v) is 12.4. The lowest BCUT2D eigenvalue weighted by Crippen LogP contribution is -2.42. The summed E-state index contributed by atoms with van der Waals surface area (Å²) in [5.74, 6) is 0.221. The van der Waals surface area contributed by atoms with Crippen molar-refractivity contribution in [2.75, 3.05) is 18.0 Å². The van der Waals surface area contributed by atoms with Crippen LogP contribution in [0.5, 0.6) is 5.75 Å². The van der Waals surface area contributed by atoms with Gasteiger partial charge < -0.3 is 10.1 Å². The maximum Gasteiger partial charge on any atom is 0.264 e. The van der Waals surface area contributed by atoms with E-state index in [2.05, 4.69) is 11.4 Å². The number of fused-ring (bicyclic) bond motifs is 1. The first kappa shape index (κ1) is 22.9. The summed E-state index contributed by atoms with van der Waals surface area (Å²) in [6.07, 6.45) is 2.80. The molecule has 1 amide bonds. The Morgan fingerprint density at radius 1 is 1.03 bits per heavy atom. The highest BCUT2D eigenvalue weighted by Gasteiger charge is 2.29. The molecule has 172 valence electrons. The number of nitrogens with one attached hydrogen (secondary N) is 1. The van der Waals surface area contributed by atoms with Gasteiger partial charge in [-0.15, -0.1) is 0 Å². The molecule has 0 saturated carbocycles. The second-order valence-corrected chi connectivity index (χ2v) is 10.1. The number of sulfonamides is 1. The van der Waals surface area contributed by atoms with Crippen LogP contribution in [0.15, 0.2) is 77.7 Å². The van der Waals surface area contributed by atoms with Crippen LogP contribution < -0.4 is 14.4 Å². The Kier molecular flexibility index (Phi) is 6.70. The lowest BCUT2D eigenvalue weighted by atomic mass is 9.88. The van der Waals surface area contributed by atoms with E-state index in [0.717, 1.165) is 34.7 Å². The minimum absolute atomic E-state index is 0.0969. The summed E-state index contributed by atoms with van der Waals surface area (Å²) < 4.78 is 33.4. The Bertz CT molecular complexity index is 1220. The molecule has 0 aromatic heterocycles. The highest BCUT2D eigenvalue weighted by molar-refractivity contribution is 7.92. The fourth-order valence-electron chi connectivity index (χ4n) is 4.18. The van der Waals surface area contributed by atoms with Crippen LogP contribution in [0.2, 0.25) is 0 Å². The number of amides is 1. The summed E-state index contributed by atoms with van der Waals surface area (Å²) in [5, 5.41) is 3.06. The molecule has 0 heterocycles. The van der Waals surface area contributed by atoms with Gasteiger partial charge in [0.2, 0.25) is 5.91 Å². The molecule has 1 N–H and O–H groups in total. The smallest absolute Gasteiger partial charge is 0.264 e. The second-order valence-electron chi connectivity index (χ2n) is 8.23. The number of benzene rings is 3. The Hall–Kier alpha value is -3.32. The minimum atomic E-state index is -3.97. The molecule has 1 aliphatic carbocycles. The zero-order valence-corrected chi connectivity index (χ0v) is 19.6. The molecule has 0 saturated heterocycles. The Morgan fingerprint density at radius 3 is 2.42 bits per heavy atom. The monoisotopic (exact) mass is 464 g/mol. The number of nitrogens with zero attached hydrogens (tertiary/aromatic N) is 1. The Labute approximate surface area is 195 Å². The predicted molar refractivity (Wildman–Crippen MR) is 129 cm³/mol. The van der Waals surface area contributed by atoms with E-state index < -0.39 is 10.0 Å². The van der Waals surface area contributed by atoms with Gasteiger partial charge in [0, 0.05) is 0 Å². The van der Waals surface area contributed by atoms with E-state index in [1.54, 1.807) is 24.3 Å². The fourth-order valence-corrected chi connectivity index (χ4v) is 5.60. The molecule has 1 atom stereocenters. The Balaban J connectivity index is 1.61. The van der Waals surface area contributed by atoms with Crippen LogP contribution in [0.1, 0.15) is 35.6 Å². The number of anilines is 1. The molecule has 0 radical (unpaired) electrons. The van der Waals surface area contributed by atoms with Crippen molar-refractivity contribution in [3.63, 3.8) is 0 Å². The maximum absolute atomic E-state index is 13.5. The van der Waals surface area contributed by atoms with Crippen LogP contribution in [0.25, 0.3) is 0 Å². The number of rotatable bonds is 7. The van der Waals surface area contributed by atoms with Crippen LogP contribution in [0, 0.1) is 6.92 Å². The third kappa shape index (κ3) is 5.03. The van der Waals surface area contributed by atoms with E-state index in [1.807, 2.05) is 37.3 Å². The Morgan fingerprint density at radius 2 is 1.73 bits per heavy atom.